The third-order valence-corrected chi connectivity index (χ3v) is 6.90. The molecule has 3 heterocycles. The lowest BCUT2D eigenvalue weighted by atomic mass is 10.2. The molecule has 1 aliphatic heterocycles. The van der Waals surface area contributed by atoms with Gasteiger partial charge in [-0.2, -0.15) is 0 Å². The first-order chi connectivity index (χ1) is 15.3. The second-order valence-corrected chi connectivity index (χ2v) is 9.32. The van der Waals surface area contributed by atoms with Gasteiger partial charge in [-0.1, -0.05) is 0 Å². The van der Waals surface area contributed by atoms with Crippen LogP contribution in [0, 0.1) is 5.82 Å². The number of carbonyl (C=O) groups excluding carboxylic acids is 1. The third kappa shape index (κ3) is 4.54. The molecule has 32 heavy (non-hydrogen) atoms. The number of aromatic nitrogens is 2. The molecule has 0 atom stereocenters. The molecule has 0 spiro atoms. The lowest BCUT2D eigenvalue weighted by Crippen LogP contribution is -2.32. The van der Waals surface area contributed by atoms with E-state index in [1.54, 1.807) is 24.1 Å². The number of hydrogen-bond donors (Lipinski definition) is 0. The number of rotatable bonds is 7. The molecule has 1 aromatic carbocycles. The average molecular weight is 459 g/mol. The Labute approximate surface area is 190 Å². The van der Waals surface area contributed by atoms with Gasteiger partial charge >= 0.3 is 0 Å². The summed E-state index contributed by atoms with van der Waals surface area (Å²) in [7, 11) is 1.72. The van der Waals surface area contributed by atoms with Crippen LogP contribution in [-0.2, 0) is 0 Å². The van der Waals surface area contributed by atoms with Crippen LogP contribution in [0.5, 0.6) is 5.75 Å². The van der Waals surface area contributed by atoms with Crippen molar-refractivity contribution in [1.29, 1.82) is 0 Å². The number of benzene rings is 1. The number of thiophene rings is 1. The smallest absolute Gasteiger partial charge is 0.275 e. The van der Waals surface area contributed by atoms with E-state index in [9.17, 15) is 14.0 Å². The summed E-state index contributed by atoms with van der Waals surface area (Å²) in [5.41, 5.74) is 0.474. The normalized spacial score (nSPS) is 14.4. The van der Waals surface area contributed by atoms with Crippen LogP contribution in [0.25, 0.3) is 15.9 Å². The highest BCUT2D eigenvalue weighted by atomic mass is 32.1. The zero-order chi connectivity index (χ0) is 22.8. The van der Waals surface area contributed by atoms with Gasteiger partial charge in [0.25, 0.3) is 11.5 Å². The number of hydrogen-bond acceptors (Lipinski definition) is 6. The standard InChI is InChI=1S/C23H27FN4O3S/c1-15(2)26(3)22(29)20-13-18-21(32-20)23(30)28(14-25-18)16-6-7-19(17(24)12-16)31-11-10-27-8-4-5-9-27/h6-7,12-15H,4-5,8-11H2,1-3H3. The van der Waals surface area contributed by atoms with Crippen LogP contribution >= 0.6 is 11.3 Å². The molecule has 1 saturated heterocycles. The largest absolute Gasteiger partial charge is 0.489 e. The molecule has 1 amide bonds. The van der Waals surface area contributed by atoms with Crippen LogP contribution in [0.3, 0.4) is 0 Å². The zero-order valence-electron chi connectivity index (χ0n) is 18.5. The fourth-order valence-electron chi connectivity index (χ4n) is 3.66. The van der Waals surface area contributed by atoms with Crippen LogP contribution in [0.2, 0.25) is 0 Å². The Morgan fingerprint density at radius 1 is 1.28 bits per heavy atom. The van der Waals surface area contributed by atoms with Crippen molar-refractivity contribution in [1.82, 2.24) is 19.4 Å². The molecular weight excluding hydrogens is 431 g/mol. The zero-order valence-corrected chi connectivity index (χ0v) is 19.3. The first-order valence-electron chi connectivity index (χ1n) is 10.8. The summed E-state index contributed by atoms with van der Waals surface area (Å²) < 4.78 is 21.9. The molecule has 0 bridgehead atoms. The predicted octanol–water partition coefficient (Wildman–Crippen LogP) is 3.54. The molecule has 0 N–H and O–H groups in total. The van der Waals surface area contributed by atoms with E-state index in [1.807, 2.05) is 13.8 Å². The van der Waals surface area contributed by atoms with E-state index in [0.717, 1.165) is 31.0 Å². The summed E-state index contributed by atoms with van der Waals surface area (Å²) >= 11 is 1.11. The minimum Gasteiger partial charge on any atom is -0.489 e. The van der Waals surface area contributed by atoms with E-state index in [4.69, 9.17) is 4.74 Å². The van der Waals surface area contributed by atoms with E-state index in [0.29, 0.717) is 27.4 Å². The Balaban J connectivity index is 1.55. The third-order valence-electron chi connectivity index (χ3n) is 5.80. The van der Waals surface area contributed by atoms with Gasteiger partial charge in [0.1, 0.15) is 17.6 Å². The van der Waals surface area contributed by atoms with E-state index >= 15 is 0 Å². The van der Waals surface area contributed by atoms with Crippen molar-refractivity contribution in [3.05, 3.63) is 51.6 Å². The SMILES string of the molecule is CC(C)N(C)C(=O)c1cc2ncn(-c3ccc(OCCN4CCCC4)c(F)c3)c(=O)c2s1. The lowest BCUT2D eigenvalue weighted by molar-refractivity contribution is 0.0760. The highest BCUT2D eigenvalue weighted by Crippen LogP contribution is 2.24. The predicted molar refractivity (Wildman–Crippen MR) is 124 cm³/mol. The summed E-state index contributed by atoms with van der Waals surface area (Å²) in [5.74, 6) is -0.525. The number of amides is 1. The van der Waals surface area contributed by atoms with Gasteiger partial charge in [0.15, 0.2) is 11.6 Å². The topological polar surface area (TPSA) is 67.7 Å². The molecule has 7 nitrogen and oxygen atoms in total. The highest BCUT2D eigenvalue weighted by Gasteiger charge is 2.20. The fourth-order valence-corrected chi connectivity index (χ4v) is 4.68. The monoisotopic (exact) mass is 458 g/mol. The maximum atomic E-state index is 14.6. The Bertz CT molecular complexity index is 1180. The van der Waals surface area contributed by atoms with Gasteiger partial charge in [-0.3, -0.25) is 19.1 Å². The molecule has 4 rings (SSSR count). The van der Waals surface area contributed by atoms with Crippen LogP contribution in [0.4, 0.5) is 4.39 Å². The first kappa shape index (κ1) is 22.4. The maximum Gasteiger partial charge on any atom is 0.275 e. The van der Waals surface area contributed by atoms with Gasteiger partial charge in [-0.15, -0.1) is 11.3 Å². The summed E-state index contributed by atoms with van der Waals surface area (Å²) in [4.78, 5) is 34.3. The minimum atomic E-state index is -0.531. The van der Waals surface area contributed by atoms with Crippen LogP contribution < -0.4 is 10.3 Å². The summed E-state index contributed by atoms with van der Waals surface area (Å²) in [6.07, 6.45) is 3.76. The molecule has 170 valence electrons. The van der Waals surface area contributed by atoms with Gasteiger partial charge in [0.2, 0.25) is 0 Å². The van der Waals surface area contributed by atoms with Gasteiger partial charge in [0.05, 0.1) is 16.1 Å². The van der Waals surface area contributed by atoms with Gasteiger partial charge in [-0.25, -0.2) is 9.37 Å². The quantitative estimate of drug-likeness (QED) is 0.542. The second kappa shape index (κ2) is 9.38. The van der Waals surface area contributed by atoms with Gasteiger partial charge < -0.3 is 9.64 Å². The Hall–Kier alpha value is -2.78. The summed E-state index contributed by atoms with van der Waals surface area (Å²) in [6, 6.07) is 6.11. The number of halogens is 1. The fraction of sp³-hybridized carbons (Fsp3) is 0.435. The first-order valence-corrected chi connectivity index (χ1v) is 11.6. The molecule has 0 saturated carbocycles. The van der Waals surface area contributed by atoms with Crippen molar-refractivity contribution in [2.75, 3.05) is 33.3 Å². The van der Waals surface area contributed by atoms with Crippen LogP contribution in [-0.4, -0.2) is 64.6 Å². The van der Waals surface area contributed by atoms with Crippen LogP contribution in [0.1, 0.15) is 36.4 Å². The van der Waals surface area contributed by atoms with Crippen molar-refractivity contribution in [3.63, 3.8) is 0 Å². The Morgan fingerprint density at radius 3 is 2.72 bits per heavy atom. The molecule has 1 fully saturated rings. The van der Waals surface area contributed by atoms with Crippen molar-refractivity contribution in [3.8, 4) is 11.4 Å². The molecule has 0 radical (unpaired) electrons. The molecular formula is C23H27FN4O3S. The number of likely N-dealkylation sites (tertiary alicyclic amines) is 1. The molecule has 3 aromatic rings. The van der Waals surface area contributed by atoms with E-state index in [2.05, 4.69) is 9.88 Å². The Morgan fingerprint density at radius 2 is 2.03 bits per heavy atom. The Kier molecular flexibility index (Phi) is 6.57. The molecule has 1 aliphatic rings. The molecule has 0 unspecified atom stereocenters. The van der Waals surface area contributed by atoms with Gasteiger partial charge in [-0.05, 0) is 58.0 Å². The van der Waals surface area contributed by atoms with Crippen LogP contribution in [0.15, 0.2) is 35.4 Å². The minimum absolute atomic E-state index is 0.0383. The number of carbonyl (C=O) groups is 1. The van der Waals surface area contributed by atoms with Crippen molar-refractivity contribution < 1.29 is 13.9 Å². The van der Waals surface area contributed by atoms with E-state index in [-0.39, 0.29) is 23.3 Å². The summed E-state index contributed by atoms with van der Waals surface area (Å²) in [6.45, 7) is 7.16. The van der Waals surface area contributed by atoms with E-state index < -0.39 is 5.82 Å². The van der Waals surface area contributed by atoms with Crippen molar-refractivity contribution in [2.45, 2.75) is 32.7 Å². The number of ether oxygens (including phenoxy) is 1. The average Bonchev–Trinajstić information content (AvgIpc) is 3.44. The van der Waals surface area contributed by atoms with Crippen molar-refractivity contribution >= 4 is 27.5 Å². The molecule has 9 heteroatoms. The maximum absolute atomic E-state index is 14.6. The number of nitrogens with zero attached hydrogens (tertiary/aromatic N) is 4. The highest BCUT2D eigenvalue weighted by molar-refractivity contribution is 7.20. The lowest BCUT2D eigenvalue weighted by Gasteiger charge is -2.20. The molecule has 0 aliphatic carbocycles. The van der Waals surface area contributed by atoms with Crippen molar-refractivity contribution in [2.24, 2.45) is 0 Å². The van der Waals surface area contributed by atoms with Gasteiger partial charge in [0, 0.05) is 25.7 Å². The van der Waals surface area contributed by atoms with E-state index in [1.165, 1.54) is 35.9 Å². The second-order valence-electron chi connectivity index (χ2n) is 8.27. The number of fused-ring (bicyclic) bond motifs is 1. The summed E-state index contributed by atoms with van der Waals surface area (Å²) in [5, 5.41) is 0. The molecule has 2 aromatic heterocycles.